The van der Waals surface area contributed by atoms with Crippen LogP contribution in [0.4, 0.5) is 0 Å². The summed E-state index contributed by atoms with van der Waals surface area (Å²) in [4.78, 5) is 12.3. The van der Waals surface area contributed by atoms with Gasteiger partial charge in [0.25, 0.3) is 0 Å². The standard InChI is InChI=1S/C14H24ClN3O2/c1-3-11(6-7-16)4-5-13(19)14-12(15)10-17-18(14)8-9-20-2/h10-11H,3-9,16H2,1-2H3. The highest BCUT2D eigenvalue weighted by Gasteiger charge is 2.18. The van der Waals surface area contributed by atoms with Crippen LogP contribution in [0, 0.1) is 5.92 Å². The van der Waals surface area contributed by atoms with Crippen LogP contribution in [-0.4, -0.2) is 35.8 Å². The minimum absolute atomic E-state index is 0.0408. The Balaban J connectivity index is 2.64. The van der Waals surface area contributed by atoms with Crippen LogP contribution < -0.4 is 5.73 Å². The molecule has 0 bridgehead atoms. The van der Waals surface area contributed by atoms with Gasteiger partial charge in [0.15, 0.2) is 5.78 Å². The van der Waals surface area contributed by atoms with Crippen LogP contribution in [0.3, 0.4) is 0 Å². The molecule has 6 heteroatoms. The van der Waals surface area contributed by atoms with E-state index >= 15 is 0 Å². The Morgan fingerprint density at radius 2 is 2.30 bits per heavy atom. The molecule has 1 rings (SSSR count). The van der Waals surface area contributed by atoms with E-state index < -0.39 is 0 Å². The number of nitrogens with zero attached hydrogens (tertiary/aromatic N) is 2. The van der Waals surface area contributed by atoms with E-state index in [-0.39, 0.29) is 5.78 Å². The van der Waals surface area contributed by atoms with Gasteiger partial charge in [0, 0.05) is 13.5 Å². The highest BCUT2D eigenvalue weighted by Crippen LogP contribution is 2.21. The summed E-state index contributed by atoms with van der Waals surface area (Å²) in [6, 6.07) is 0. The molecule has 0 aliphatic rings. The number of ether oxygens (including phenoxy) is 1. The second-order valence-electron chi connectivity index (χ2n) is 4.87. The minimum Gasteiger partial charge on any atom is -0.383 e. The third-order valence-electron chi connectivity index (χ3n) is 3.50. The summed E-state index contributed by atoms with van der Waals surface area (Å²) < 4.78 is 6.63. The van der Waals surface area contributed by atoms with Crippen molar-refractivity contribution in [1.29, 1.82) is 0 Å². The number of ketones is 1. The number of carbonyl (C=O) groups is 1. The predicted molar refractivity (Wildman–Crippen MR) is 80.1 cm³/mol. The smallest absolute Gasteiger partial charge is 0.182 e. The van der Waals surface area contributed by atoms with Gasteiger partial charge in [-0.15, -0.1) is 0 Å². The molecule has 0 saturated heterocycles. The molecule has 0 aliphatic heterocycles. The molecule has 0 saturated carbocycles. The van der Waals surface area contributed by atoms with E-state index in [1.165, 1.54) is 6.20 Å². The first kappa shape index (κ1) is 17.1. The molecule has 0 aromatic carbocycles. The number of hydrogen-bond acceptors (Lipinski definition) is 4. The van der Waals surface area contributed by atoms with Gasteiger partial charge in [0.05, 0.1) is 24.4 Å². The van der Waals surface area contributed by atoms with Crippen LogP contribution in [0.25, 0.3) is 0 Å². The molecule has 0 aliphatic carbocycles. The van der Waals surface area contributed by atoms with Crippen molar-refractivity contribution < 1.29 is 9.53 Å². The van der Waals surface area contributed by atoms with Gasteiger partial charge in [-0.3, -0.25) is 9.48 Å². The number of hydrogen-bond donors (Lipinski definition) is 1. The topological polar surface area (TPSA) is 70.1 Å². The quantitative estimate of drug-likeness (QED) is 0.674. The Morgan fingerprint density at radius 3 is 2.90 bits per heavy atom. The minimum atomic E-state index is 0.0408. The fourth-order valence-electron chi connectivity index (χ4n) is 2.23. The zero-order valence-corrected chi connectivity index (χ0v) is 13.0. The molecule has 114 valence electrons. The summed E-state index contributed by atoms with van der Waals surface area (Å²) >= 11 is 6.06. The maximum Gasteiger partial charge on any atom is 0.182 e. The van der Waals surface area contributed by atoms with Crippen LogP contribution in [0.5, 0.6) is 0 Å². The Kier molecular flexibility index (Phi) is 7.80. The highest BCUT2D eigenvalue weighted by atomic mass is 35.5. The van der Waals surface area contributed by atoms with Gasteiger partial charge in [-0.2, -0.15) is 5.10 Å². The van der Waals surface area contributed by atoms with Crippen LogP contribution in [0.2, 0.25) is 5.02 Å². The molecular formula is C14H24ClN3O2. The number of Topliss-reactive ketones (excluding diaryl/α,β-unsaturated/α-hetero) is 1. The molecule has 1 unspecified atom stereocenters. The molecule has 0 amide bonds. The summed E-state index contributed by atoms with van der Waals surface area (Å²) in [7, 11) is 1.62. The summed E-state index contributed by atoms with van der Waals surface area (Å²) in [6.07, 6.45) is 4.85. The number of carbonyl (C=O) groups excluding carboxylic acids is 1. The first-order valence-corrected chi connectivity index (χ1v) is 7.45. The number of aromatic nitrogens is 2. The molecule has 0 spiro atoms. The summed E-state index contributed by atoms with van der Waals surface area (Å²) in [5.41, 5.74) is 6.07. The average molecular weight is 302 g/mol. The van der Waals surface area contributed by atoms with Gasteiger partial charge in [0.2, 0.25) is 0 Å². The van der Waals surface area contributed by atoms with E-state index in [0.29, 0.717) is 42.8 Å². The molecule has 2 N–H and O–H groups in total. The van der Waals surface area contributed by atoms with Crippen molar-refractivity contribution in [3.05, 3.63) is 16.9 Å². The van der Waals surface area contributed by atoms with Crippen LogP contribution in [0.15, 0.2) is 6.20 Å². The third kappa shape index (κ3) is 4.89. The van der Waals surface area contributed by atoms with Crippen molar-refractivity contribution in [2.24, 2.45) is 11.7 Å². The summed E-state index contributed by atoms with van der Waals surface area (Å²) in [5, 5.41) is 4.54. The third-order valence-corrected chi connectivity index (χ3v) is 3.77. The molecule has 1 heterocycles. The lowest BCUT2D eigenvalue weighted by Gasteiger charge is -2.13. The molecule has 20 heavy (non-hydrogen) atoms. The summed E-state index contributed by atoms with van der Waals surface area (Å²) in [5.74, 6) is 0.539. The molecular weight excluding hydrogens is 278 g/mol. The lowest BCUT2D eigenvalue weighted by Crippen LogP contribution is -2.15. The van der Waals surface area contributed by atoms with Gasteiger partial charge in [0.1, 0.15) is 5.69 Å². The van der Waals surface area contributed by atoms with E-state index in [2.05, 4.69) is 12.0 Å². The van der Waals surface area contributed by atoms with Gasteiger partial charge < -0.3 is 10.5 Å². The maximum atomic E-state index is 12.3. The Labute approximate surface area is 125 Å². The van der Waals surface area contributed by atoms with Gasteiger partial charge in [-0.25, -0.2) is 0 Å². The van der Waals surface area contributed by atoms with Crippen molar-refractivity contribution in [3.8, 4) is 0 Å². The van der Waals surface area contributed by atoms with E-state index in [0.717, 1.165) is 19.3 Å². The van der Waals surface area contributed by atoms with E-state index in [1.54, 1.807) is 11.8 Å². The number of methoxy groups -OCH3 is 1. The second kappa shape index (κ2) is 9.10. The summed E-state index contributed by atoms with van der Waals surface area (Å²) in [6.45, 7) is 3.83. The zero-order valence-electron chi connectivity index (χ0n) is 12.3. The highest BCUT2D eigenvalue weighted by molar-refractivity contribution is 6.33. The van der Waals surface area contributed by atoms with Crippen LogP contribution >= 0.6 is 11.6 Å². The fraction of sp³-hybridized carbons (Fsp3) is 0.714. The van der Waals surface area contributed by atoms with E-state index in [1.807, 2.05) is 0 Å². The maximum absolute atomic E-state index is 12.3. The second-order valence-corrected chi connectivity index (χ2v) is 5.28. The fourth-order valence-corrected chi connectivity index (χ4v) is 2.48. The van der Waals surface area contributed by atoms with Crippen molar-refractivity contribution in [2.75, 3.05) is 20.3 Å². The molecule has 1 aromatic heterocycles. The Morgan fingerprint density at radius 1 is 1.55 bits per heavy atom. The molecule has 1 aromatic rings. The molecule has 0 radical (unpaired) electrons. The molecule has 5 nitrogen and oxygen atoms in total. The first-order chi connectivity index (χ1) is 9.63. The van der Waals surface area contributed by atoms with Gasteiger partial charge in [-0.05, 0) is 25.3 Å². The van der Waals surface area contributed by atoms with Gasteiger partial charge in [-0.1, -0.05) is 24.9 Å². The number of halogens is 1. The van der Waals surface area contributed by atoms with Gasteiger partial charge >= 0.3 is 0 Å². The average Bonchev–Trinajstić information content (AvgIpc) is 2.81. The zero-order chi connectivity index (χ0) is 15.0. The van der Waals surface area contributed by atoms with E-state index in [9.17, 15) is 4.79 Å². The van der Waals surface area contributed by atoms with Crippen LogP contribution in [0.1, 0.15) is 43.1 Å². The molecule has 1 atom stereocenters. The van der Waals surface area contributed by atoms with E-state index in [4.69, 9.17) is 22.1 Å². The Hall–Kier alpha value is -0.910. The molecule has 0 fully saturated rings. The lowest BCUT2D eigenvalue weighted by atomic mass is 9.95. The Bertz CT molecular complexity index is 421. The largest absolute Gasteiger partial charge is 0.383 e. The van der Waals surface area contributed by atoms with Crippen molar-refractivity contribution in [1.82, 2.24) is 9.78 Å². The number of nitrogens with two attached hydrogens (primary N) is 1. The first-order valence-electron chi connectivity index (χ1n) is 7.07. The van der Waals surface area contributed by atoms with Crippen molar-refractivity contribution in [3.63, 3.8) is 0 Å². The monoisotopic (exact) mass is 301 g/mol. The number of rotatable bonds is 10. The predicted octanol–water partition coefficient (Wildman–Crippen LogP) is 2.52. The SMILES string of the molecule is CCC(CCN)CCC(=O)c1c(Cl)cnn1CCOC. The normalized spacial score (nSPS) is 12.6. The van der Waals surface area contributed by atoms with Crippen LogP contribution in [-0.2, 0) is 11.3 Å². The van der Waals surface area contributed by atoms with Crippen molar-refractivity contribution >= 4 is 17.4 Å². The van der Waals surface area contributed by atoms with Crippen molar-refractivity contribution in [2.45, 2.75) is 39.2 Å². The lowest BCUT2D eigenvalue weighted by molar-refractivity contribution is 0.0958.